The third-order valence-electron chi connectivity index (χ3n) is 5.30. The summed E-state index contributed by atoms with van der Waals surface area (Å²) in [6.07, 6.45) is 4.37. The number of anilines is 2. The lowest BCUT2D eigenvalue weighted by atomic mass is 9.69. The fourth-order valence-electron chi connectivity index (χ4n) is 3.78. The Kier molecular flexibility index (Phi) is 5.18. The maximum absolute atomic E-state index is 14.0. The van der Waals surface area contributed by atoms with Crippen LogP contribution in [-0.2, 0) is 12.1 Å². The zero-order chi connectivity index (χ0) is 18.7. The number of nitrogens with one attached hydrogen (secondary N) is 1. The lowest BCUT2D eigenvalue weighted by Crippen LogP contribution is -2.40. The summed E-state index contributed by atoms with van der Waals surface area (Å²) in [4.78, 5) is 0. The average molecular weight is 355 g/mol. The number of nitrogen functional groups attached to an aromatic ring is 2. The van der Waals surface area contributed by atoms with Crippen molar-refractivity contribution in [3.05, 3.63) is 71.2 Å². The Morgan fingerprint density at radius 3 is 2.73 bits per heavy atom. The summed E-state index contributed by atoms with van der Waals surface area (Å²) in [5.74, 6) is -0.584. The predicted octanol–water partition coefficient (Wildman–Crippen LogP) is 3.67. The van der Waals surface area contributed by atoms with Crippen LogP contribution in [0.2, 0.25) is 0 Å². The van der Waals surface area contributed by atoms with Crippen molar-refractivity contribution < 1.29 is 9.50 Å². The molecule has 0 bridgehead atoms. The molecule has 26 heavy (non-hydrogen) atoms. The standard InChI is InChI=1S/C21H26FN3O/c1-14-6-5-9-16(13-25-12-15-7-3-2-4-8-15)21(14,26)18-10-17(22)11-19(23)20(18)24/h2-4,7-8,10-11,13-14,25-26H,5-6,9,12,23-24H2,1H3/b16-13+. The molecule has 1 fully saturated rings. The van der Waals surface area contributed by atoms with Gasteiger partial charge >= 0.3 is 0 Å². The number of benzene rings is 2. The van der Waals surface area contributed by atoms with E-state index in [1.54, 1.807) is 0 Å². The van der Waals surface area contributed by atoms with Gasteiger partial charge in [-0.25, -0.2) is 4.39 Å². The van der Waals surface area contributed by atoms with Gasteiger partial charge < -0.3 is 21.9 Å². The van der Waals surface area contributed by atoms with Crippen LogP contribution in [0.1, 0.15) is 37.3 Å². The van der Waals surface area contributed by atoms with Crippen LogP contribution in [0.5, 0.6) is 0 Å². The maximum atomic E-state index is 14.0. The lowest BCUT2D eigenvalue weighted by Gasteiger charge is -2.41. The van der Waals surface area contributed by atoms with E-state index in [1.807, 2.05) is 43.5 Å². The topological polar surface area (TPSA) is 84.3 Å². The fourth-order valence-corrected chi connectivity index (χ4v) is 3.78. The number of nitrogens with two attached hydrogens (primary N) is 2. The molecule has 0 spiro atoms. The molecule has 0 amide bonds. The molecule has 2 atom stereocenters. The van der Waals surface area contributed by atoms with Gasteiger partial charge in [0, 0.05) is 12.1 Å². The Bertz CT molecular complexity index is 806. The summed E-state index contributed by atoms with van der Waals surface area (Å²) in [7, 11) is 0. The molecule has 1 saturated carbocycles. The van der Waals surface area contributed by atoms with Crippen LogP contribution in [-0.4, -0.2) is 5.11 Å². The first-order valence-corrected chi connectivity index (χ1v) is 8.97. The van der Waals surface area contributed by atoms with Gasteiger partial charge in [-0.15, -0.1) is 0 Å². The largest absolute Gasteiger partial charge is 0.397 e. The molecule has 138 valence electrons. The molecule has 5 heteroatoms. The lowest BCUT2D eigenvalue weighted by molar-refractivity contribution is -0.000546. The zero-order valence-corrected chi connectivity index (χ0v) is 15.0. The molecule has 1 aliphatic rings. The van der Waals surface area contributed by atoms with Crippen molar-refractivity contribution >= 4 is 11.4 Å². The second-order valence-corrected chi connectivity index (χ2v) is 7.05. The van der Waals surface area contributed by atoms with Crippen molar-refractivity contribution in [3.63, 3.8) is 0 Å². The SMILES string of the molecule is CC1CCC/C(=C\NCc2ccccc2)C1(O)c1cc(F)cc(N)c1N. The molecule has 6 N–H and O–H groups in total. The highest BCUT2D eigenvalue weighted by Gasteiger charge is 2.43. The first-order valence-electron chi connectivity index (χ1n) is 8.97. The highest BCUT2D eigenvalue weighted by Crippen LogP contribution is 2.47. The van der Waals surface area contributed by atoms with Gasteiger partial charge in [0.05, 0.1) is 11.4 Å². The molecule has 2 unspecified atom stereocenters. The minimum absolute atomic E-state index is 0.0930. The van der Waals surface area contributed by atoms with Crippen LogP contribution < -0.4 is 16.8 Å². The average Bonchev–Trinajstić information content (AvgIpc) is 2.62. The van der Waals surface area contributed by atoms with Crippen LogP contribution >= 0.6 is 0 Å². The normalized spacial score (nSPS) is 24.6. The van der Waals surface area contributed by atoms with E-state index in [2.05, 4.69) is 5.32 Å². The van der Waals surface area contributed by atoms with E-state index in [0.717, 1.165) is 30.4 Å². The predicted molar refractivity (Wildman–Crippen MR) is 104 cm³/mol. The van der Waals surface area contributed by atoms with Crippen molar-refractivity contribution in [2.45, 2.75) is 38.3 Å². The van der Waals surface area contributed by atoms with Gasteiger partial charge in [0.15, 0.2) is 0 Å². The molecule has 2 aromatic rings. The Morgan fingerprint density at radius 2 is 2.00 bits per heavy atom. The van der Waals surface area contributed by atoms with E-state index in [0.29, 0.717) is 12.1 Å². The van der Waals surface area contributed by atoms with Crippen LogP contribution in [0.25, 0.3) is 0 Å². The summed E-state index contributed by atoms with van der Waals surface area (Å²) in [6, 6.07) is 12.5. The molecule has 2 aromatic carbocycles. The monoisotopic (exact) mass is 355 g/mol. The third-order valence-corrected chi connectivity index (χ3v) is 5.30. The van der Waals surface area contributed by atoms with Crippen molar-refractivity contribution in [3.8, 4) is 0 Å². The highest BCUT2D eigenvalue weighted by atomic mass is 19.1. The van der Waals surface area contributed by atoms with Crippen LogP contribution in [0.3, 0.4) is 0 Å². The summed E-state index contributed by atoms with van der Waals surface area (Å²) in [5.41, 5.74) is 13.3. The van der Waals surface area contributed by atoms with Gasteiger partial charge in [-0.1, -0.05) is 37.3 Å². The van der Waals surface area contributed by atoms with Gasteiger partial charge in [0.2, 0.25) is 0 Å². The Labute approximate surface area is 153 Å². The van der Waals surface area contributed by atoms with Gasteiger partial charge in [-0.3, -0.25) is 0 Å². The number of halogens is 1. The second kappa shape index (κ2) is 7.38. The summed E-state index contributed by atoms with van der Waals surface area (Å²) >= 11 is 0. The third kappa shape index (κ3) is 3.40. The van der Waals surface area contributed by atoms with E-state index in [1.165, 1.54) is 12.1 Å². The number of hydrogen-bond acceptors (Lipinski definition) is 4. The first-order chi connectivity index (χ1) is 12.4. The number of aliphatic hydroxyl groups is 1. The maximum Gasteiger partial charge on any atom is 0.125 e. The number of hydrogen-bond donors (Lipinski definition) is 4. The zero-order valence-electron chi connectivity index (χ0n) is 15.0. The first kappa shape index (κ1) is 18.3. The fraction of sp³-hybridized carbons (Fsp3) is 0.333. The Morgan fingerprint density at radius 1 is 1.27 bits per heavy atom. The van der Waals surface area contributed by atoms with Crippen molar-refractivity contribution in [2.24, 2.45) is 5.92 Å². The molecule has 4 nitrogen and oxygen atoms in total. The van der Waals surface area contributed by atoms with Crippen LogP contribution in [0.15, 0.2) is 54.2 Å². The van der Waals surface area contributed by atoms with Gasteiger partial charge in [-0.05, 0) is 54.6 Å². The number of rotatable bonds is 4. The summed E-state index contributed by atoms with van der Waals surface area (Å²) in [6.45, 7) is 2.61. The van der Waals surface area contributed by atoms with E-state index in [-0.39, 0.29) is 17.3 Å². The summed E-state index contributed by atoms with van der Waals surface area (Å²) < 4.78 is 14.0. The van der Waals surface area contributed by atoms with Crippen molar-refractivity contribution in [1.82, 2.24) is 5.32 Å². The molecule has 0 aliphatic heterocycles. The van der Waals surface area contributed by atoms with Gasteiger partial charge in [-0.2, -0.15) is 0 Å². The second-order valence-electron chi connectivity index (χ2n) is 7.05. The van der Waals surface area contributed by atoms with E-state index < -0.39 is 11.4 Å². The van der Waals surface area contributed by atoms with Crippen LogP contribution in [0, 0.1) is 11.7 Å². The highest BCUT2D eigenvalue weighted by molar-refractivity contribution is 5.70. The molecular formula is C21H26FN3O. The molecule has 0 aromatic heterocycles. The molecular weight excluding hydrogens is 329 g/mol. The van der Waals surface area contributed by atoms with Gasteiger partial charge in [0.1, 0.15) is 11.4 Å². The Hall–Kier alpha value is -2.53. The quantitative estimate of drug-likeness (QED) is 0.631. The minimum atomic E-state index is -1.33. The van der Waals surface area contributed by atoms with E-state index in [9.17, 15) is 9.50 Å². The van der Waals surface area contributed by atoms with Crippen molar-refractivity contribution in [1.29, 1.82) is 0 Å². The minimum Gasteiger partial charge on any atom is -0.397 e. The van der Waals surface area contributed by atoms with Gasteiger partial charge in [0.25, 0.3) is 0 Å². The molecule has 0 heterocycles. The molecule has 0 saturated heterocycles. The summed E-state index contributed by atoms with van der Waals surface area (Å²) in [5, 5.41) is 14.9. The van der Waals surface area contributed by atoms with E-state index in [4.69, 9.17) is 11.5 Å². The molecule has 1 aliphatic carbocycles. The molecule has 0 radical (unpaired) electrons. The Balaban J connectivity index is 1.94. The van der Waals surface area contributed by atoms with Crippen molar-refractivity contribution in [2.75, 3.05) is 11.5 Å². The van der Waals surface area contributed by atoms with E-state index >= 15 is 0 Å². The smallest absolute Gasteiger partial charge is 0.125 e. The molecule has 3 rings (SSSR count). The van der Waals surface area contributed by atoms with Crippen LogP contribution in [0.4, 0.5) is 15.8 Å².